The Hall–Kier alpha value is -1.03. The van der Waals surface area contributed by atoms with Crippen molar-refractivity contribution in [1.82, 2.24) is 4.90 Å². The van der Waals surface area contributed by atoms with E-state index in [9.17, 15) is 9.90 Å². The van der Waals surface area contributed by atoms with Gasteiger partial charge in [-0.25, -0.2) is 4.79 Å². The van der Waals surface area contributed by atoms with Gasteiger partial charge in [-0.15, -0.1) is 6.58 Å². The Morgan fingerprint density at radius 3 is 2.36 bits per heavy atom. The molecule has 0 aromatic heterocycles. The fourth-order valence-corrected chi connectivity index (χ4v) is 1.85. The molecule has 1 saturated heterocycles. The molecular weight excluding hydrogens is 182 g/mol. The summed E-state index contributed by atoms with van der Waals surface area (Å²) in [6, 6.07) is 0. The summed E-state index contributed by atoms with van der Waals surface area (Å²) in [4.78, 5) is 12.0. The summed E-state index contributed by atoms with van der Waals surface area (Å²) in [7, 11) is 0. The van der Waals surface area contributed by atoms with E-state index < -0.39 is 11.7 Å². The van der Waals surface area contributed by atoms with E-state index in [0.29, 0.717) is 32.4 Å². The summed E-state index contributed by atoms with van der Waals surface area (Å²) >= 11 is 0. The molecule has 1 fully saturated rings. The van der Waals surface area contributed by atoms with Gasteiger partial charge in [-0.1, -0.05) is 5.57 Å². The highest BCUT2D eigenvalue weighted by molar-refractivity contribution is 5.65. The number of carbonyl (C=O) groups is 1. The van der Waals surface area contributed by atoms with E-state index in [1.54, 1.807) is 0 Å². The molecule has 0 aromatic carbocycles. The Balaban J connectivity index is 2.48. The van der Waals surface area contributed by atoms with Gasteiger partial charge in [0.2, 0.25) is 0 Å². The van der Waals surface area contributed by atoms with Crippen molar-refractivity contribution >= 4 is 6.09 Å². The molecular formula is C10H17NO3. The molecule has 4 nitrogen and oxygen atoms in total. The highest BCUT2D eigenvalue weighted by atomic mass is 16.4. The van der Waals surface area contributed by atoms with Crippen LogP contribution < -0.4 is 0 Å². The van der Waals surface area contributed by atoms with Gasteiger partial charge in [-0.05, 0) is 26.2 Å². The summed E-state index contributed by atoms with van der Waals surface area (Å²) in [5.74, 6) is 0. The molecule has 0 aromatic rings. The highest BCUT2D eigenvalue weighted by Gasteiger charge is 2.33. The van der Waals surface area contributed by atoms with Gasteiger partial charge < -0.3 is 15.1 Å². The Bertz CT molecular complexity index is 242. The average molecular weight is 199 g/mol. The standard InChI is InChI=1S/C10H17NO3/c1-8(2)7-10(14)3-5-11(6-4-10)9(12)13/h14H,1,3-7H2,2H3,(H,12,13). The second-order valence-electron chi connectivity index (χ2n) is 4.13. The van der Waals surface area contributed by atoms with E-state index in [2.05, 4.69) is 6.58 Å². The molecule has 1 heterocycles. The van der Waals surface area contributed by atoms with Crippen molar-refractivity contribution in [3.63, 3.8) is 0 Å². The smallest absolute Gasteiger partial charge is 0.407 e. The first-order chi connectivity index (χ1) is 6.43. The Labute approximate surface area is 83.8 Å². The van der Waals surface area contributed by atoms with Gasteiger partial charge in [-0.2, -0.15) is 0 Å². The third-order valence-electron chi connectivity index (χ3n) is 2.60. The quantitative estimate of drug-likeness (QED) is 0.662. The number of rotatable bonds is 2. The third kappa shape index (κ3) is 2.73. The van der Waals surface area contributed by atoms with Crippen LogP contribution in [0, 0.1) is 0 Å². The minimum absolute atomic E-state index is 0.416. The fourth-order valence-electron chi connectivity index (χ4n) is 1.85. The van der Waals surface area contributed by atoms with Crippen LogP contribution in [0.5, 0.6) is 0 Å². The van der Waals surface area contributed by atoms with Gasteiger partial charge in [0.25, 0.3) is 0 Å². The SMILES string of the molecule is C=C(C)CC1(O)CCN(C(=O)O)CC1. The van der Waals surface area contributed by atoms with Crippen molar-refractivity contribution in [2.24, 2.45) is 0 Å². The van der Waals surface area contributed by atoms with E-state index in [1.165, 1.54) is 4.90 Å². The number of carboxylic acid groups (broad SMARTS) is 1. The summed E-state index contributed by atoms with van der Waals surface area (Å²) in [5, 5.41) is 18.8. The number of hydrogen-bond acceptors (Lipinski definition) is 2. The van der Waals surface area contributed by atoms with Crippen molar-refractivity contribution < 1.29 is 15.0 Å². The number of piperidine rings is 1. The van der Waals surface area contributed by atoms with Gasteiger partial charge in [0.15, 0.2) is 0 Å². The van der Waals surface area contributed by atoms with Gasteiger partial charge in [0.05, 0.1) is 5.60 Å². The van der Waals surface area contributed by atoms with Crippen molar-refractivity contribution in [1.29, 1.82) is 0 Å². The lowest BCUT2D eigenvalue weighted by molar-refractivity contribution is -0.0160. The molecule has 14 heavy (non-hydrogen) atoms. The Morgan fingerprint density at radius 2 is 2.00 bits per heavy atom. The van der Waals surface area contributed by atoms with Gasteiger partial charge >= 0.3 is 6.09 Å². The molecule has 1 amide bonds. The summed E-state index contributed by atoms with van der Waals surface area (Å²) in [6.07, 6.45) is 0.682. The second-order valence-corrected chi connectivity index (χ2v) is 4.13. The zero-order valence-electron chi connectivity index (χ0n) is 8.49. The van der Waals surface area contributed by atoms with Crippen LogP contribution in [0.15, 0.2) is 12.2 Å². The topological polar surface area (TPSA) is 60.8 Å². The van der Waals surface area contributed by atoms with Gasteiger partial charge in [0, 0.05) is 13.1 Å². The predicted octanol–water partition coefficient (Wildman–Crippen LogP) is 1.46. The van der Waals surface area contributed by atoms with E-state index in [4.69, 9.17) is 5.11 Å². The maximum atomic E-state index is 10.6. The molecule has 4 heteroatoms. The minimum atomic E-state index is -0.901. The molecule has 0 unspecified atom stereocenters. The van der Waals surface area contributed by atoms with Gasteiger partial charge in [0.1, 0.15) is 0 Å². The van der Waals surface area contributed by atoms with E-state index in [1.807, 2.05) is 6.92 Å². The number of hydrogen-bond donors (Lipinski definition) is 2. The molecule has 0 atom stereocenters. The van der Waals surface area contributed by atoms with E-state index in [0.717, 1.165) is 5.57 Å². The van der Waals surface area contributed by atoms with Crippen molar-refractivity contribution in [3.05, 3.63) is 12.2 Å². The maximum absolute atomic E-state index is 10.6. The molecule has 80 valence electrons. The lowest BCUT2D eigenvalue weighted by Crippen LogP contribution is -2.46. The normalized spacial score (nSPS) is 20.6. The van der Waals surface area contributed by atoms with Crippen LogP contribution in [-0.2, 0) is 0 Å². The highest BCUT2D eigenvalue weighted by Crippen LogP contribution is 2.28. The molecule has 1 aliphatic heterocycles. The monoisotopic (exact) mass is 199 g/mol. The molecule has 1 rings (SSSR count). The lowest BCUT2D eigenvalue weighted by Gasteiger charge is -2.37. The van der Waals surface area contributed by atoms with Gasteiger partial charge in [-0.3, -0.25) is 0 Å². The minimum Gasteiger partial charge on any atom is -0.465 e. The lowest BCUT2D eigenvalue weighted by atomic mass is 9.86. The molecule has 0 bridgehead atoms. The molecule has 0 spiro atoms. The Kier molecular flexibility index (Phi) is 3.16. The molecule has 2 N–H and O–H groups in total. The number of aliphatic hydroxyl groups is 1. The third-order valence-corrected chi connectivity index (χ3v) is 2.60. The zero-order chi connectivity index (χ0) is 10.8. The second kappa shape index (κ2) is 4.00. The first-order valence-electron chi connectivity index (χ1n) is 4.78. The molecule has 0 saturated carbocycles. The molecule has 0 radical (unpaired) electrons. The van der Waals surface area contributed by atoms with E-state index >= 15 is 0 Å². The van der Waals surface area contributed by atoms with Crippen LogP contribution in [0.2, 0.25) is 0 Å². The molecule has 0 aliphatic carbocycles. The van der Waals surface area contributed by atoms with E-state index in [-0.39, 0.29) is 0 Å². The van der Waals surface area contributed by atoms with Crippen LogP contribution >= 0.6 is 0 Å². The molecule has 1 aliphatic rings. The Morgan fingerprint density at radius 1 is 1.50 bits per heavy atom. The summed E-state index contributed by atoms with van der Waals surface area (Å²) in [5.41, 5.74) is 0.203. The van der Waals surface area contributed by atoms with Crippen LogP contribution in [0.3, 0.4) is 0 Å². The van der Waals surface area contributed by atoms with Crippen molar-refractivity contribution in [2.75, 3.05) is 13.1 Å². The summed E-state index contributed by atoms with van der Waals surface area (Å²) < 4.78 is 0. The van der Waals surface area contributed by atoms with Crippen molar-refractivity contribution in [3.8, 4) is 0 Å². The largest absolute Gasteiger partial charge is 0.465 e. The fraction of sp³-hybridized carbons (Fsp3) is 0.700. The van der Waals surface area contributed by atoms with Crippen LogP contribution in [0.4, 0.5) is 4.79 Å². The number of likely N-dealkylation sites (tertiary alicyclic amines) is 1. The van der Waals surface area contributed by atoms with Crippen LogP contribution in [0.25, 0.3) is 0 Å². The first kappa shape index (κ1) is 11.0. The maximum Gasteiger partial charge on any atom is 0.407 e. The number of amides is 1. The van der Waals surface area contributed by atoms with Crippen LogP contribution in [-0.4, -0.2) is 39.9 Å². The number of nitrogens with zero attached hydrogens (tertiary/aromatic N) is 1. The van der Waals surface area contributed by atoms with Crippen molar-refractivity contribution in [2.45, 2.75) is 31.8 Å². The summed E-state index contributed by atoms with van der Waals surface area (Å²) in [6.45, 7) is 6.47. The zero-order valence-corrected chi connectivity index (χ0v) is 8.49. The average Bonchev–Trinajstić information content (AvgIpc) is 2.02. The predicted molar refractivity (Wildman–Crippen MR) is 53.2 cm³/mol. The first-order valence-corrected chi connectivity index (χ1v) is 4.78. The van der Waals surface area contributed by atoms with Crippen LogP contribution in [0.1, 0.15) is 26.2 Å².